The third-order valence-electron chi connectivity index (χ3n) is 5.12. The quantitative estimate of drug-likeness (QED) is 0.494. The molecular formula is C21H21N3O7S2. The Morgan fingerprint density at radius 2 is 1.97 bits per heavy atom. The number of amides is 1. The first-order chi connectivity index (χ1) is 15.8. The smallest absolute Gasteiger partial charge is 0.341 e. The summed E-state index contributed by atoms with van der Waals surface area (Å²) in [5.41, 5.74) is 1.62. The van der Waals surface area contributed by atoms with Gasteiger partial charge < -0.3 is 19.2 Å². The van der Waals surface area contributed by atoms with E-state index in [1.807, 2.05) is 0 Å². The van der Waals surface area contributed by atoms with Gasteiger partial charge in [0, 0.05) is 10.4 Å². The Morgan fingerprint density at radius 1 is 1.18 bits per heavy atom. The highest BCUT2D eigenvalue weighted by atomic mass is 32.2. The van der Waals surface area contributed by atoms with Crippen LogP contribution in [-0.4, -0.2) is 50.5 Å². The van der Waals surface area contributed by atoms with Gasteiger partial charge in [0.15, 0.2) is 0 Å². The van der Waals surface area contributed by atoms with Crippen LogP contribution in [0.4, 0.5) is 5.00 Å². The van der Waals surface area contributed by atoms with E-state index < -0.39 is 32.7 Å². The van der Waals surface area contributed by atoms with E-state index >= 15 is 0 Å². The number of esters is 1. The highest BCUT2D eigenvalue weighted by Crippen LogP contribution is 2.38. The molecule has 0 bridgehead atoms. The molecule has 1 aromatic carbocycles. The highest BCUT2D eigenvalue weighted by Gasteiger charge is 2.30. The molecule has 2 heterocycles. The second kappa shape index (κ2) is 9.32. The van der Waals surface area contributed by atoms with Crippen LogP contribution in [0.3, 0.4) is 0 Å². The van der Waals surface area contributed by atoms with Gasteiger partial charge in [-0.15, -0.1) is 16.4 Å². The number of hydrogen-bond donors (Lipinski definition) is 1. The number of fused-ring (bicyclic) bond motifs is 1. The van der Waals surface area contributed by atoms with E-state index in [-0.39, 0.29) is 10.9 Å². The first-order valence-electron chi connectivity index (χ1n) is 10.1. The molecule has 0 fully saturated rings. The average Bonchev–Trinajstić information content (AvgIpc) is 3.44. The lowest BCUT2D eigenvalue weighted by Crippen LogP contribution is -2.24. The lowest BCUT2D eigenvalue weighted by atomic mass is 9.95. The van der Waals surface area contributed by atoms with E-state index in [2.05, 4.69) is 15.5 Å². The van der Waals surface area contributed by atoms with Crippen LogP contribution in [0.2, 0.25) is 0 Å². The molecule has 1 aliphatic carbocycles. The molecule has 0 spiro atoms. The fourth-order valence-corrected chi connectivity index (χ4v) is 5.78. The molecule has 0 saturated carbocycles. The summed E-state index contributed by atoms with van der Waals surface area (Å²) in [5.74, 6) is -1.79. The molecule has 12 heteroatoms. The second-order valence-corrected chi connectivity index (χ2v) is 10.3. The van der Waals surface area contributed by atoms with Crippen LogP contribution in [0, 0.1) is 0 Å². The predicted molar refractivity (Wildman–Crippen MR) is 119 cm³/mol. The molecule has 33 heavy (non-hydrogen) atoms. The van der Waals surface area contributed by atoms with Gasteiger partial charge in [-0.1, -0.05) is 11.2 Å². The van der Waals surface area contributed by atoms with Crippen LogP contribution >= 0.6 is 11.3 Å². The number of carbonyl (C=O) groups is 2. The molecule has 1 aliphatic rings. The van der Waals surface area contributed by atoms with Crippen LogP contribution in [0.15, 0.2) is 33.9 Å². The van der Waals surface area contributed by atoms with Crippen LogP contribution in [0.25, 0.3) is 11.5 Å². The number of methoxy groups -OCH3 is 2. The van der Waals surface area contributed by atoms with E-state index in [1.54, 1.807) is 24.3 Å². The molecule has 1 amide bonds. The van der Waals surface area contributed by atoms with Crippen molar-refractivity contribution in [1.29, 1.82) is 0 Å². The van der Waals surface area contributed by atoms with Crippen molar-refractivity contribution in [2.45, 2.75) is 30.9 Å². The lowest BCUT2D eigenvalue weighted by Gasteiger charge is -2.11. The zero-order valence-electron chi connectivity index (χ0n) is 17.9. The SMILES string of the molecule is COC(=O)c1c(NC(=O)CS(=O)(=O)c2nnc(-c3cccc(OC)c3)o2)sc2c1CCCC2. The Balaban J connectivity index is 1.53. The van der Waals surface area contributed by atoms with Crippen LogP contribution in [-0.2, 0) is 32.2 Å². The number of benzene rings is 1. The third-order valence-corrected chi connectivity index (χ3v) is 7.67. The number of ether oxygens (including phenoxy) is 2. The molecule has 0 atom stereocenters. The van der Waals surface area contributed by atoms with E-state index in [0.717, 1.165) is 29.7 Å². The fraction of sp³-hybridized carbons (Fsp3) is 0.333. The van der Waals surface area contributed by atoms with Crippen LogP contribution in [0.1, 0.15) is 33.6 Å². The normalized spacial score (nSPS) is 13.3. The van der Waals surface area contributed by atoms with Crippen molar-refractivity contribution < 1.29 is 31.9 Å². The number of aromatic nitrogens is 2. The molecule has 0 radical (unpaired) electrons. The fourth-order valence-electron chi connectivity index (χ4n) is 3.58. The molecule has 0 aliphatic heterocycles. The number of carbonyl (C=O) groups excluding carboxylic acids is 2. The maximum Gasteiger partial charge on any atom is 0.341 e. The maximum atomic E-state index is 12.7. The molecule has 4 rings (SSSR count). The summed E-state index contributed by atoms with van der Waals surface area (Å²) in [6.07, 6.45) is 3.43. The summed E-state index contributed by atoms with van der Waals surface area (Å²) in [4.78, 5) is 25.9. The minimum atomic E-state index is -4.22. The molecule has 1 N–H and O–H groups in total. The minimum Gasteiger partial charge on any atom is -0.497 e. The van der Waals surface area contributed by atoms with Crippen molar-refractivity contribution in [2.75, 3.05) is 25.3 Å². The van der Waals surface area contributed by atoms with Gasteiger partial charge in [-0.2, -0.15) is 0 Å². The number of rotatable bonds is 7. The van der Waals surface area contributed by atoms with Gasteiger partial charge in [0.05, 0.1) is 19.8 Å². The summed E-state index contributed by atoms with van der Waals surface area (Å²) < 4.78 is 40.7. The van der Waals surface area contributed by atoms with Gasteiger partial charge in [-0.25, -0.2) is 13.2 Å². The summed E-state index contributed by atoms with van der Waals surface area (Å²) in [6, 6.07) is 6.68. The Hall–Kier alpha value is -3.25. The number of hydrogen-bond acceptors (Lipinski definition) is 10. The lowest BCUT2D eigenvalue weighted by molar-refractivity contribution is -0.113. The Labute approximate surface area is 193 Å². The van der Waals surface area contributed by atoms with Crippen molar-refractivity contribution in [3.63, 3.8) is 0 Å². The van der Waals surface area contributed by atoms with Crippen LogP contribution < -0.4 is 10.1 Å². The summed E-state index contributed by atoms with van der Waals surface area (Å²) in [5, 5.41) is 9.54. The topological polar surface area (TPSA) is 138 Å². The summed E-state index contributed by atoms with van der Waals surface area (Å²) >= 11 is 1.27. The molecule has 174 valence electrons. The third kappa shape index (κ3) is 4.76. The maximum absolute atomic E-state index is 12.7. The number of nitrogens with zero attached hydrogens (tertiary/aromatic N) is 2. The standard InChI is InChI=1S/C21H21N3O7S2/c1-29-13-7-5-6-12(10-13)18-23-24-21(31-18)33(27,28)11-16(25)22-19-17(20(26)30-2)14-8-3-4-9-15(14)32-19/h5-7,10H,3-4,8-9,11H2,1-2H3,(H,22,25). The Bertz CT molecular complexity index is 1310. The number of anilines is 1. The van der Waals surface area contributed by atoms with Gasteiger partial charge in [0.2, 0.25) is 21.6 Å². The molecule has 3 aromatic rings. The monoisotopic (exact) mass is 491 g/mol. The number of nitrogens with one attached hydrogen (secondary N) is 1. The molecular weight excluding hydrogens is 470 g/mol. The van der Waals surface area contributed by atoms with E-state index in [4.69, 9.17) is 13.9 Å². The zero-order chi connectivity index (χ0) is 23.6. The highest BCUT2D eigenvalue weighted by molar-refractivity contribution is 7.91. The first kappa shape index (κ1) is 22.9. The van der Waals surface area contributed by atoms with Crippen molar-refractivity contribution in [3.05, 3.63) is 40.3 Å². The molecule has 2 aromatic heterocycles. The first-order valence-corrected chi connectivity index (χ1v) is 12.5. The minimum absolute atomic E-state index is 0.0215. The van der Waals surface area contributed by atoms with Gasteiger partial charge in [-0.3, -0.25) is 4.79 Å². The molecule has 0 saturated heterocycles. The molecule has 0 unspecified atom stereocenters. The predicted octanol–water partition coefficient (Wildman–Crippen LogP) is 2.88. The van der Waals surface area contributed by atoms with E-state index in [0.29, 0.717) is 23.3 Å². The Morgan fingerprint density at radius 3 is 2.73 bits per heavy atom. The molecule has 10 nitrogen and oxygen atoms in total. The number of sulfone groups is 1. The summed E-state index contributed by atoms with van der Waals surface area (Å²) in [6.45, 7) is 0. The van der Waals surface area contributed by atoms with Crippen molar-refractivity contribution >= 4 is 38.1 Å². The van der Waals surface area contributed by atoms with Crippen LogP contribution in [0.5, 0.6) is 5.75 Å². The Kier molecular flexibility index (Phi) is 6.47. The van der Waals surface area contributed by atoms with Gasteiger partial charge in [0.25, 0.3) is 0 Å². The number of thiophene rings is 1. The van der Waals surface area contributed by atoms with Crippen molar-refractivity contribution in [2.24, 2.45) is 0 Å². The van der Waals surface area contributed by atoms with Gasteiger partial charge >= 0.3 is 11.2 Å². The number of aryl methyl sites for hydroxylation is 1. The van der Waals surface area contributed by atoms with Gasteiger partial charge in [0.1, 0.15) is 16.5 Å². The van der Waals surface area contributed by atoms with Gasteiger partial charge in [-0.05, 0) is 49.4 Å². The van der Waals surface area contributed by atoms with Crippen molar-refractivity contribution in [3.8, 4) is 17.2 Å². The second-order valence-electron chi connectivity index (χ2n) is 7.32. The summed E-state index contributed by atoms with van der Waals surface area (Å²) in [7, 11) is -1.46. The van der Waals surface area contributed by atoms with E-state index in [9.17, 15) is 18.0 Å². The zero-order valence-corrected chi connectivity index (χ0v) is 19.5. The average molecular weight is 492 g/mol. The van der Waals surface area contributed by atoms with Crippen molar-refractivity contribution in [1.82, 2.24) is 10.2 Å². The van der Waals surface area contributed by atoms with E-state index in [1.165, 1.54) is 25.6 Å². The largest absolute Gasteiger partial charge is 0.497 e.